The predicted molar refractivity (Wildman–Crippen MR) is 113 cm³/mol. The molecule has 0 radical (unpaired) electrons. The number of hydrogen-bond acceptors (Lipinski definition) is 2. The van der Waals surface area contributed by atoms with Crippen LogP contribution in [-0.4, -0.2) is 10.5 Å². The Balaban J connectivity index is 1.53. The van der Waals surface area contributed by atoms with E-state index in [-0.39, 0.29) is 5.91 Å². The summed E-state index contributed by atoms with van der Waals surface area (Å²) >= 11 is 1.69. The molecule has 0 aliphatic heterocycles. The Morgan fingerprint density at radius 3 is 2.52 bits per heavy atom. The standard InChI is InChI=1S/C23H22N2OS/c1-2-17-9-11-18(12-10-17)15-24-23(26)16-25-20-7-4-3-6-19(20)14-21(25)22-8-5-13-27-22/h3-14H,2,15-16H2,1H3,(H,24,26). The second-order valence-electron chi connectivity index (χ2n) is 6.60. The maximum atomic E-state index is 12.6. The zero-order chi connectivity index (χ0) is 18.6. The van der Waals surface area contributed by atoms with Gasteiger partial charge in [-0.15, -0.1) is 11.3 Å². The fourth-order valence-corrected chi connectivity index (χ4v) is 4.05. The maximum Gasteiger partial charge on any atom is 0.240 e. The second kappa shape index (κ2) is 7.80. The largest absolute Gasteiger partial charge is 0.350 e. The molecule has 0 saturated carbocycles. The van der Waals surface area contributed by atoms with Crippen molar-refractivity contribution in [1.29, 1.82) is 0 Å². The number of para-hydroxylation sites is 1. The van der Waals surface area contributed by atoms with Crippen LogP contribution in [0.1, 0.15) is 18.1 Å². The van der Waals surface area contributed by atoms with Gasteiger partial charge in [0.2, 0.25) is 5.91 Å². The SMILES string of the molecule is CCc1ccc(CNC(=O)Cn2c(-c3cccs3)cc3ccccc32)cc1. The van der Waals surface area contributed by atoms with E-state index in [1.54, 1.807) is 11.3 Å². The van der Waals surface area contributed by atoms with Crippen molar-refractivity contribution >= 4 is 28.1 Å². The van der Waals surface area contributed by atoms with Gasteiger partial charge in [0.05, 0.1) is 10.6 Å². The summed E-state index contributed by atoms with van der Waals surface area (Å²) < 4.78 is 2.11. The molecule has 27 heavy (non-hydrogen) atoms. The number of aromatic nitrogens is 1. The monoisotopic (exact) mass is 374 g/mol. The van der Waals surface area contributed by atoms with E-state index in [1.165, 1.54) is 10.4 Å². The topological polar surface area (TPSA) is 34.0 Å². The first-order chi connectivity index (χ1) is 13.2. The number of nitrogens with one attached hydrogen (secondary N) is 1. The van der Waals surface area contributed by atoms with E-state index in [0.29, 0.717) is 13.1 Å². The number of nitrogens with zero attached hydrogens (tertiary/aromatic N) is 1. The van der Waals surface area contributed by atoms with E-state index in [0.717, 1.165) is 28.6 Å². The van der Waals surface area contributed by atoms with Gasteiger partial charge in [-0.1, -0.05) is 55.5 Å². The first-order valence-electron chi connectivity index (χ1n) is 9.21. The minimum atomic E-state index is 0.0220. The van der Waals surface area contributed by atoms with Gasteiger partial charge in [-0.2, -0.15) is 0 Å². The summed E-state index contributed by atoms with van der Waals surface area (Å²) in [5, 5.41) is 6.28. The average molecular weight is 375 g/mol. The molecule has 1 amide bonds. The Morgan fingerprint density at radius 2 is 1.78 bits per heavy atom. The van der Waals surface area contributed by atoms with Gasteiger partial charge >= 0.3 is 0 Å². The van der Waals surface area contributed by atoms with E-state index in [2.05, 4.69) is 70.7 Å². The van der Waals surface area contributed by atoms with E-state index >= 15 is 0 Å². The molecule has 0 atom stereocenters. The first-order valence-corrected chi connectivity index (χ1v) is 10.1. The van der Waals surface area contributed by atoms with Crippen LogP contribution in [0.2, 0.25) is 0 Å². The van der Waals surface area contributed by atoms with Crippen LogP contribution in [0.4, 0.5) is 0 Å². The van der Waals surface area contributed by atoms with E-state index in [4.69, 9.17) is 0 Å². The summed E-state index contributed by atoms with van der Waals surface area (Å²) in [4.78, 5) is 13.8. The number of thiophene rings is 1. The van der Waals surface area contributed by atoms with Gasteiger partial charge < -0.3 is 9.88 Å². The lowest BCUT2D eigenvalue weighted by Crippen LogP contribution is -2.27. The molecule has 0 aliphatic carbocycles. The van der Waals surface area contributed by atoms with Crippen molar-refractivity contribution in [2.24, 2.45) is 0 Å². The molecule has 4 rings (SSSR count). The lowest BCUT2D eigenvalue weighted by Gasteiger charge is -2.11. The molecule has 0 bridgehead atoms. The summed E-state index contributed by atoms with van der Waals surface area (Å²) in [7, 11) is 0. The van der Waals surface area contributed by atoms with Crippen molar-refractivity contribution in [3.63, 3.8) is 0 Å². The molecule has 2 heterocycles. The summed E-state index contributed by atoms with van der Waals surface area (Å²) in [5.41, 5.74) is 4.61. The highest BCUT2D eigenvalue weighted by Crippen LogP contribution is 2.31. The number of rotatable bonds is 6. The minimum Gasteiger partial charge on any atom is -0.350 e. The molecule has 2 aromatic heterocycles. The molecule has 2 aromatic carbocycles. The minimum absolute atomic E-state index is 0.0220. The highest BCUT2D eigenvalue weighted by Gasteiger charge is 2.14. The number of benzene rings is 2. The van der Waals surface area contributed by atoms with Gasteiger partial charge in [0.1, 0.15) is 6.54 Å². The molecule has 0 saturated heterocycles. The molecule has 0 aliphatic rings. The van der Waals surface area contributed by atoms with Crippen LogP contribution >= 0.6 is 11.3 Å². The zero-order valence-electron chi connectivity index (χ0n) is 15.3. The fraction of sp³-hybridized carbons (Fsp3) is 0.174. The highest BCUT2D eigenvalue weighted by atomic mass is 32.1. The normalized spacial score (nSPS) is 11.0. The van der Waals surface area contributed by atoms with Crippen LogP contribution in [0.5, 0.6) is 0 Å². The molecule has 3 nitrogen and oxygen atoms in total. The van der Waals surface area contributed by atoms with E-state index in [9.17, 15) is 4.79 Å². The third-order valence-electron chi connectivity index (χ3n) is 4.81. The third kappa shape index (κ3) is 3.81. The smallest absolute Gasteiger partial charge is 0.240 e. The average Bonchev–Trinajstić information content (AvgIpc) is 3.35. The number of fused-ring (bicyclic) bond motifs is 1. The van der Waals surface area contributed by atoms with Gasteiger partial charge in [0.15, 0.2) is 0 Å². The van der Waals surface area contributed by atoms with Gasteiger partial charge in [0, 0.05) is 17.4 Å². The molecule has 0 fully saturated rings. The van der Waals surface area contributed by atoms with Crippen LogP contribution in [0.3, 0.4) is 0 Å². The first kappa shape index (κ1) is 17.6. The Hall–Kier alpha value is -2.85. The fourth-order valence-electron chi connectivity index (χ4n) is 3.30. The molecular weight excluding hydrogens is 352 g/mol. The highest BCUT2D eigenvalue weighted by molar-refractivity contribution is 7.13. The number of amides is 1. The van der Waals surface area contributed by atoms with Crippen molar-refractivity contribution in [3.8, 4) is 10.6 Å². The Bertz CT molecular complexity index is 1050. The second-order valence-corrected chi connectivity index (χ2v) is 7.55. The lowest BCUT2D eigenvalue weighted by atomic mass is 10.1. The van der Waals surface area contributed by atoms with Crippen molar-refractivity contribution in [2.75, 3.05) is 0 Å². The summed E-state index contributed by atoms with van der Waals surface area (Å²) in [6.45, 7) is 3.01. The van der Waals surface area contributed by atoms with Gasteiger partial charge in [-0.05, 0) is 41.1 Å². The molecule has 136 valence electrons. The van der Waals surface area contributed by atoms with Crippen LogP contribution in [0.25, 0.3) is 21.5 Å². The molecule has 0 spiro atoms. The number of carbonyl (C=O) groups excluding carboxylic acids is 1. The van der Waals surface area contributed by atoms with Crippen LogP contribution in [-0.2, 0) is 24.3 Å². The maximum absolute atomic E-state index is 12.6. The quantitative estimate of drug-likeness (QED) is 0.491. The van der Waals surface area contributed by atoms with Crippen LogP contribution in [0.15, 0.2) is 72.1 Å². The molecule has 4 aromatic rings. The summed E-state index contributed by atoms with van der Waals surface area (Å²) in [6.07, 6.45) is 1.03. The summed E-state index contributed by atoms with van der Waals surface area (Å²) in [6, 6.07) is 22.9. The van der Waals surface area contributed by atoms with E-state index < -0.39 is 0 Å². The third-order valence-corrected chi connectivity index (χ3v) is 5.70. The van der Waals surface area contributed by atoms with Gasteiger partial charge in [-0.25, -0.2) is 0 Å². The van der Waals surface area contributed by atoms with Crippen LogP contribution in [0, 0.1) is 0 Å². The summed E-state index contributed by atoms with van der Waals surface area (Å²) in [5.74, 6) is 0.0220. The van der Waals surface area contributed by atoms with Crippen molar-refractivity contribution in [1.82, 2.24) is 9.88 Å². The molecule has 0 unspecified atom stereocenters. The van der Waals surface area contributed by atoms with E-state index in [1.807, 2.05) is 18.2 Å². The van der Waals surface area contributed by atoms with Crippen molar-refractivity contribution < 1.29 is 4.79 Å². The molecule has 4 heteroatoms. The van der Waals surface area contributed by atoms with Crippen LogP contribution < -0.4 is 5.32 Å². The zero-order valence-corrected chi connectivity index (χ0v) is 16.1. The predicted octanol–water partition coefficient (Wildman–Crippen LogP) is 5.25. The van der Waals surface area contributed by atoms with Gasteiger partial charge in [0.25, 0.3) is 0 Å². The Kier molecular flexibility index (Phi) is 5.07. The Labute approximate surface area is 163 Å². The number of hydrogen-bond donors (Lipinski definition) is 1. The molecule has 1 N–H and O–H groups in total. The number of carbonyl (C=O) groups is 1. The lowest BCUT2D eigenvalue weighted by molar-refractivity contribution is -0.121. The Morgan fingerprint density at radius 1 is 1.00 bits per heavy atom. The van der Waals surface area contributed by atoms with Gasteiger partial charge in [-0.3, -0.25) is 4.79 Å². The van der Waals surface area contributed by atoms with Crippen molar-refractivity contribution in [2.45, 2.75) is 26.4 Å². The molecular formula is C23H22N2OS. The van der Waals surface area contributed by atoms with Crippen molar-refractivity contribution in [3.05, 3.63) is 83.2 Å². The number of aryl methyl sites for hydroxylation is 1.